The van der Waals surface area contributed by atoms with Gasteiger partial charge in [0, 0.05) is 16.1 Å². The van der Waals surface area contributed by atoms with Crippen LogP contribution in [-0.2, 0) is 4.74 Å². The zero-order valence-corrected chi connectivity index (χ0v) is 13.5. The van der Waals surface area contributed by atoms with Gasteiger partial charge in [-0.25, -0.2) is 4.79 Å². The van der Waals surface area contributed by atoms with Crippen molar-refractivity contribution in [2.45, 2.75) is 32.8 Å². The first-order valence-electron chi connectivity index (χ1n) is 7.06. The van der Waals surface area contributed by atoms with Crippen LogP contribution in [0.3, 0.4) is 0 Å². The van der Waals surface area contributed by atoms with Crippen LogP contribution in [-0.4, -0.2) is 18.2 Å². The fourth-order valence-corrected chi connectivity index (χ4v) is 2.85. The highest BCUT2D eigenvalue weighted by Crippen LogP contribution is 2.26. The van der Waals surface area contributed by atoms with Crippen molar-refractivity contribution in [1.29, 1.82) is 0 Å². The maximum absolute atomic E-state index is 11.5. The third kappa shape index (κ3) is 5.23. The maximum Gasteiger partial charge on any atom is 0.407 e. The summed E-state index contributed by atoms with van der Waals surface area (Å²) in [4.78, 5) is 12.7. The molecule has 0 spiro atoms. The number of thiophene rings is 1. The van der Waals surface area contributed by atoms with Crippen LogP contribution in [0.25, 0.3) is 16.2 Å². The largest absolute Gasteiger partial charge is 0.444 e. The van der Waals surface area contributed by atoms with Crippen molar-refractivity contribution in [3.8, 4) is 0 Å². The van der Waals surface area contributed by atoms with Crippen LogP contribution in [0.2, 0.25) is 0 Å². The molecule has 0 fully saturated rings. The van der Waals surface area contributed by atoms with Crippen molar-refractivity contribution in [2.24, 2.45) is 0 Å². The molecule has 0 aliphatic carbocycles. The lowest BCUT2D eigenvalue weighted by atomic mass is 10.2. The molecule has 1 N–H and O–H groups in total. The summed E-state index contributed by atoms with van der Waals surface area (Å²) in [6.07, 6.45) is 4.59. The van der Waals surface area contributed by atoms with Crippen molar-refractivity contribution in [1.82, 2.24) is 5.32 Å². The van der Waals surface area contributed by atoms with Gasteiger partial charge in [0.25, 0.3) is 0 Å². The summed E-state index contributed by atoms with van der Waals surface area (Å²) in [6.45, 7) is 6.14. The minimum atomic E-state index is -0.447. The number of hydrogen-bond acceptors (Lipinski definition) is 3. The number of ether oxygens (including phenoxy) is 1. The molecule has 21 heavy (non-hydrogen) atoms. The van der Waals surface area contributed by atoms with E-state index in [0.29, 0.717) is 6.54 Å². The molecule has 3 nitrogen and oxygen atoms in total. The summed E-state index contributed by atoms with van der Waals surface area (Å²) < 4.78 is 6.47. The second-order valence-electron chi connectivity index (χ2n) is 5.81. The van der Waals surface area contributed by atoms with Gasteiger partial charge in [0.1, 0.15) is 5.60 Å². The minimum absolute atomic E-state index is 0.363. The molecular weight excluding hydrogens is 282 g/mol. The van der Waals surface area contributed by atoms with Crippen LogP contribution < -0.4 is 5.32 Å². The molecule has 0 saturated carbocycles. The summed E-state index contributed by atoms with van der Waals surface area (Å²) >= 11 is 1.77. The van der Waals surface area contributed by atoms with E-state index >= 15 is 0 Å². The molecule has 2 aromatic rings. The van der Waals surface area contributed by atoms with Crippen molar-refractivity contribution in [2.75, 3.05) is 6.54 Å². The van der Waals surface area contributed by atoms with Crippen molar-refractivity contribution in [3.05, 3.63) is 41.3 Å². The van der Waals surface area contributed by atoms with Gasteiger partial charge in [-0.05, 0) is 50.8 Å². The predicted octanol–water partition coefficient (Wildman–Crippen LogP) is 4.83. The molecule has 0 bridgehead atoms. The normalized spacial score (nSPS) is 12.0. The van der Waals surface area contributed by atoms with Gasteiger partial charge in [-0.1, -0.05) is 24.3 Å². The van der Waals surface area contributed by atoms with E-state index in [2.05, 4.69) is 41.7 Å². The van der Waals surface area contributed by atoms with Gasteiger partial charge in [0.2, 0.25) is 0 Å². The van der Waals surface area contributed by atoms with Crippen molar-refractivity contribution < 1.29 is 9.53 Å². The van der Waals surface area contributed by atoms with E-state index < -0.39 is 5.60 Å². The fraction of sp³-hybridized carbons (Fsp3) is 0.353. The Bertz CT molecular complexity index is 605. The van der Waals surface area contributed by atoms with Crippen LogP contribution >= 0.6 is 11.3 Å². The van der Waals surface area contributed by atoms with Crippen molar-refractivity contribution in [3.63, 3.8) is 0 Å². The third-order valence-corrected chi connectivity index (χ3v) is 3.79. The van der Waals surface area contributed by atoms with Crippen LogP contribution in [0, 0.1) is 0 Å². The van der Waals surface area contributed by atoms with E-state index in [1.807, 2.05) is 26.8 Å². The first-order valence-corrected chi connectivity index (χ1v) is 7.88. The number of carbonyl (C=O) groups is 1. The van der Waals surface area contributed by atoms with Gasteiger partial charge in [0.05, 0.1) is 0 Å². The highest BCUT2D eigenvalue weighted by molar-refractivity contribution is 7.19. The summed E-state index contributed by atoms with van der Waals surface area (Å²) in [7, 11) is 0. The molecule has 112 valence electrons. The number of benzene rings is 1. The maximum atomic E-state index is 11.5. The van der Waals surface area contributed by atoms with Crippen molar-refractivity contribution >= 4 is 33.6 Å². The summed E-state index contributed by atoms with van der Waals surface area (Å²) in [5.74, 6) is 0. The van der Waals surface area contributed by atoms with Gasteiger partial charge in [0.15, 0.2) is 0 Å². The van der Waals surface area contributed by atoms with Crippen LogP contribution in [0.4, 0.5) is 4.79 Å². The Labute approximate surface area is 129 Å². The van der Waals surface area contributed by atoms with E-state index in [0.717, 1.165) is 6.42 Å². The highest BCUT2D eigenvalue weighted by Gasteiger charge is 2.15. The van der Waals surface area contributed by atoms with Gasteiger partial charge in [-0.2, -0.15) is 0 Å². The number of hydrogen-bond donors (Lipinski definition) is 1. The SMILES string of the molecule is CC(C)(C)OC(=O)NCCC=Cc1cc2ccccc2s1. The lowest BCUT2D eigenvalue weighted by Crippen LogP contribution is -2.32. The van der Waals surface area contributed by atoms with E-state index in [9.17, 15) is 4.79 Å². The van der Waals surface area contributed by atoms with E-state index in [1.54, 1.807) is 11.3 Å². The van der Waals surface area contributed by atoms with Gasteiger partial charge >= 0.3 is 6.09 Å². The number of carbonyl (C=O) groups excluding carboxylic acids is 1. The molecule has 1 amide bonds. The molecule has 0 aliphatic rings. The number of amides is 1. The quantitative estimate of drug-likeness (QED) is 0.822. The van der Waals surface area contributed by atoms with Gasteiger partial charge < -0.3 is 10.1 Å². The van der Waals surface area contributed by atoms with Gasteiger partial charge in [-0.15, -0.1) is 11.3 Å². The average molecular weight is 303 g/mol. The molecule has 0 atom stereocenters. The Morgan fingerprint density at radius 2 is 2.10 bits per heavy atom. The fourth-order valence-electron chi connectivity index (χ4n) is 1.86. The molecule has 0 saturated heterocycles. The van der Waals surface area contributed by atoms with E-state index in [4.69, 9.17) is 4.74 Å². The average Bonchev–Trinajstić information content (AvgIpc) is 2.78. The first kappa shape index (κ1) is 15.6. The minimum Gasteiger partial charge on any atom is -0.444 e. The molecular formula is C17H21NO2S. The number of rotatable bonds is 4. The van der Waals surface area contributed by atoms with E-state index in [-0.39, 0.29) is 6.09 Å². The molecule has 2 rings (SSSR count). The topological polar surface area (TPSA) is 38.3 Å². The zero-order chi connectivity index (χ0) is 15.3. The molecule has 0 radical (unpaired) electrons. The molecule has 4 heteroatoms. The smallest absolute Gasteiger partial charge is 0.407 e. The number of fused-ring (bicyclic) bond motifs is 1. The summed E-state index contributed by atoms with van der Waals surface area (Å²) in [6, 6.07) is 10.5. The van der Waals surface area contributed by atoms with Crippen LogP contribution in [0.1, 0.15) is 32.1 Å². The Balaban J connectivity index is 1.77. The first-order chi connectivity index (χ1) is 9.94. The highest BCUT2D eigenvalue weighted by atomic mass is 32.1. The lowest BCUT2D eigenvalue weighted by Gasteiger charge is -2.19. The molecule has 1 heterocycles. The second kappa shape index (κ2) is 6.76. The van der Waals surface area contributed by atoms with Gasteiger partial charge in [-0.3, -0.25) is 0 Å². The predicted molar refractivity (Wildman–Crippen MR) is 89.7 cm³/mol. The Kier molecular flexibility index (Phi) is 5.02. The van der Waals surface area contributed by atoms with Crippen LogP contribution in [0.5, 0.6) is 0 Å². The number of nitrogens with one attached hydrogen (secondary N) is 1. The molecule has 0 unspecified atom stereocenters. The zero-order valence-electron chi connectivity index (χ0n) is 12.7. The van der Waals surface area contributed by atoms with E-state index in [1.165, 1.54) is 15.0 Å². The Morgan fingerprint density at radius 1 is 1.33 bits per heavy atom. The Hall–Kier alpha value is -1.81. The molecule has 0 aliphatic heterocycles. The summed E-state index contributed by atoms with van der Waals surface area (Å²) in [5.41, 5.74) is -0.447. The molecule has 1 aromatic carbocycles. The second-order valence-corrected chi connectivity index (χ2v) is 6.92. The third-order valence-electron chi connectivity index (χ3n) is 2.71. The Morgan fingerprint density at radius 3 is 2.81 bits per heavy atom. The standard InChI is InChI=1S/C17H21NO2S/c1-17(2,3)20-16(19)18-11-7-6-9-14-12-13-8-4-5-10-15(13)21-14/h4-6,8-10,12H,7,11H2,1-3H3,(H,18,19). The van der Waals surface area contributed by atoms with Crippen LogP contribution in [0.15, 0.2) is 36.4 Å². The number of alkyl carbamates (subject to hydrolysis) is 1. The monoisotopic (exact) mass is 303 g/mol. The molecule has 1 aromatic heterocycles. The lowest BCUT2D eigenvalue weighted by molar-refractivity contribution is 0.0529. The summed E-state index contributed by atoms with van der Waals surface area (Å²) in [5, 5.41) is 4.02.